The van der Waals surface area contributed by atoms with Gasteiger partial charge in [0.15, 0.2) is 0 Å². The Labute approximate surface area is 171 Å². The molecule has 1 amide bonds. The molecule has 0 spiro atoms. The molecule has 1 aromatic heterocycles. The molecule has 5 nitrogen and oxygen atoms in total. The third-order valence-corrected chi connectivity index (χ3v) is 4.98. The lowest BCUT2D eigenvalue weighted by Crippen LogP contribution is -2.29. The Bertz CT molecular complexity index is 1050. The van der Waals surface area contributed by atoms with Crippen molar-refractivity contribution in [3.05, 3.63) is 75.1 Å². The molecule has 0 fully saturated rings. The van der Waals surface area contributed by atoms with Crippen molar-refractivity contribution in [2.75, 3.05) is 6.61 Å². The number of aromatic amines is 1. The average Bonchev–Trinajstić information content (AvgIpc) is 2.71. The Morgan fingerprint density at radius 3 is 2.55 bits per heavy atom. The van der Waals surface area contributed by atoms with Gasteiger partial charge in [0.2, 0.25) is 0 Å². The fourth-order valence-corrected chi connectivity index (χ4v) is 3.22. The third kappa shape index (κ3) is 5.05. The molecule has 0 unspecified atom stereocenters. The number of pyridine rings is 1. The molecule has 29 heavy (non-hydrogen) atoms. The number of amides is 1. The molecule has 0 saturated carbocycles. The zero-order valence-electron chi connectivity index (χ0n) is 17.3. The van der Waals surface area contributed by atoms with E-state index >= 15 is 0 Å². The summed E-state index contributed by atoms with van der Waals surface area (Å²) in [7, 11) is 0. The Morgan fingerprint density at radius 1 is 1.07 bits per heavy atom. The molecule has 5 heteroatoms. The highest BCUT2D eigenvalue weighted by molar-refractivity contribution is 5.98. The van der Waals surface area contributed by atoms with Gasteiger partial charge in [-0.25, -0.2) is 0 Å². The van der Waals surface area contributed by atoms with Crippen molar-refractivity contribution in [1.82, 2.24) is 10.3 Å². The smallest absolute Gasteiger partial charge is 0.261 e. The van der Waals surface area contributed by atoms with Crippen LogP contribution in [-0.4, -0.2) is 17.5 Å². The number of unbranched alkanes of at least 4 members (excludes halogenated alkanes) is 2. The van der Waals surface area contributed by atoms with Gasteiger partial charge in [-0.15, -0.1) is 0 Å². The zero-order valence-corrected chi connectivity index (χ0v) is 17.3. The van der Waals surface area contributed by atoms with Gasteiger partial charge in [-0.1, -0.05) is 61.7 Å². The normalized spacial score (nSPS) is 10.9. The summed E-state index contributed by atoms with van der Waals surface area (Å²) in [5.74, 6) is 0.294. The standard InChI is InChI=1S/C24H28N2O3/c1-4-5-6-13-29-22-17(3)9-12-19-14-20(24(28)26-21(19)22)23(27)25-15-18-10-7-16(2)8-11-18/h7-12,14H,4-6,13,15H2,1-3H3,(H,25,27)(H,26,28). The SMILES string of the molecule is CCCCCOc1c(C)ccc2cc(C(=O)NCc3ccc(C)cc3)c(=O)[nH]c12. The van der Waals surface area contributed by atoms with Gasteiger partial charge >= 0.3 is 0 Å². The van der Waals surface area contributed by atoms with Crippen molar-refractivity contribution in [1.29, 1.82) is 0 Å². The second-order valence-corrected chi connectivity index (χ2v) is 7.41. The number of hydrogen-bond acceptors (Lipinski definition) is 3. The molecule has 2 aromatic carbocycles. The first-order valence-electron chi connectivity index (χ1n) is 10.1. The van der Waals surface area contributed by atoms with Gasteiger partial charge in [0.05, 0.1) is 12.1 Å². The molecule has 1 heterocycles. The quantitative estimate of drug-likeness (QED) is 0.549. The molecule has 2 N–H and O–H groups in total. The van der Waals surface area contributed by atoms with Crippen LogP contribution in [0.25, 0.3) is 10.9 Å². The number of carbonyl (C=O) groups excluding carboxylic acids is 1. The number of hydrogen-bond donors (Lipinski definition) is 2. The summed E-state index contributed by atoms with van der Waals surface area (Å²) >= 11 is 0. The maximum Gasteiger partial charge on any atom is 0.261 e. The second-order valence-electron chi connectivity index (χ2n) is 7.41. The zero-order chi connectivity index (χ0) is 20.8. The van der Waals surface area contributed by atoms with E-state index in [1.807, 2.05) is 50.2 Å². The van der Waals surface area contributed by atoms with Crippen molar-refractivity contribution in [2.24, 2.45) is 0 Å². The minimum atomic E-state index is -0.414. The highest BCUT2D eigenvalue weighted by atomic mass is 16.5. The topological polar surface area (TPSA) is 71.2 Å². The predicted octanol–water partition coefficient (Wildman–Crippen LogP) is 4.64. The molecule has 0 atom stereocenters. The lowest BCUT2D eigenvalue weighted by atomic mass is 10.1. The van der Waals surface area contributed by atoms with Gasteiger partial charge < -0.3 is 15.0 Å². The summed E-state index contributed by atoms with van der Waals surface area (Å²) in [6.07, 6.45) is 3.19. The highest BCUT2D eigenvalue weighted by Gasteiger charge is 2.15. The van der Waals surface area contributed by atoms with Crippen LogP contribution in [0.15, 0.2) is 47.3 Å². The van der Waals surface area contributed by atoms with Crippen molar-refractivity contribution in [3.63, 3.8) is 0 Å². The van der Waals surface area contributed by atoms with Crippen LogP contribution in [0, 0.1) is 13.8 Å². The molecule has 0 saturated heterocycles. The molecule has 0 bridgehead atoms. The van der Waals surface area contributed by atoms with E-state index in [1.165, 1.54) is 0 Å². The van der Waals surface area contributed by atoms with Crippen LogP contribution in [0.2, 0.25) is 0 Å². The van der Waals surface area contributed by atoms with E-state index in [0.717, 1.165) is 41.3 Å². The number of rotatable bonds is 8. The van der Waals surface area contributed by atoms with E-state index in [4.69, 9.17) is 4.74 Å². The Hall–Kier alpha value is -3.08. The molecule has 3 rings (SSSR count). The van der Waals surface area contributed by atoms with Crippen molar-refractivity contribution in [3.8, 4) is 5.75 Å². The van der Waals surface area contributed by atoms with Gasteiger partial charge in [-0.05, 0) is 37.5 Å². The number of H-pyrrole nitrogens is 1. The largest absolute Gasteiger partial charge is 0.491 e. The molecule has 0 aliphatic rings. The lowest BCUT2D eigenvalue weighted by Gasteiger charge is -2.13. The molecular weight excluding hydrogens is 364 g/mol. The van der Waals surface area contributed by atoms with Gasteiger partial charge in [0.25, 0.3) is 11.5 Å². The fraction of sp³-hybridized carbons (Fsp3) is 0.333. The molecular formula is C24H28N2O3. The number of aromatic nitrogens is 1. The number of carbonyl (C=O) groups is 1. The van der Waals surface area contributed by atoms with Crippen molar-refractivity contribution in [2.45, 2.75) is 46.6 Å². The summed E-state index contributed by atoms with van der Waals surface area (Å²) in [6.45, 7) is 7.09. The number of aryl methyl sites for hydroxylation is 2. The van der Waals surface area contributed by atoms with Crippen LogP contribution in [0.3, 0.4) is 0 Å². The van der Waals surface area contributed by atoms with E-state index in [-0.39, 0.29) is 11.5 Å². The highest BCUT2D eigenvalue weighted by Crippen LogP contribution is 2.27. The summed E-state index contributed by atoms with van der Waals surface area (Å²) in [6, 6.07) is 13.4. The van der Waals surface area contributed by atoms with E-state index in [9.17, 15) is 9.59 Å². The van der Waals surface area contributed by atoms with E-state index in [1.54, 1.807) is 6.07 Å². The van der Waals surface area contributed by atoms with E-state index < -0.39 is 5.56 Å². The number of fused-ring (bicyclic) bond motifs is 1. The molecule has 152 valence electrons. The predicted molar refractivity (Wildman–Crippen MR) is 117 cm³/mol. The Morgan fingerprint density at radius 2 is 1.83 bits per heavy atom. The Kier molecular flexibility index (Phi) is 6.70. The first-order valence-corrected chi connectivity index (χ1v) is 10.1. The van der Waals surface area contributed by atoms with Crippen molar-refractivity contribution < 1.29 is 9.53 Å². The summed E-state index contributed by atoms with van der Waals surface area (Å²) < 4.78 is 5.95. The van der Waals surface area contributed by atoms with E-state index in [0.29, 0.717) is 24.4 Å². The number of ether oxygens (including phenoxy) is 1. The average molecular weight is 392 g/mol. The van der Waals surface area contributed by atoms with Gasteiger partial charge in [-0.3, -0.25) is 9.59 Å². The molecule has 0 aliphatic heterocycles. The summed E-state index contributed by atoms with van der Waals surface area (Å²) in [5, 5.41) is 3.60. The minimum absolute atomic E-state index is 0.102. The van der Waals surface area contributed by atoms with Gasteiger partial charge in [-0.2, -0.15) is 0 Å². The summed E-state index contributed by atoms with van der Waals surface area (Å²) in [5.41, 5.74) is 3.43. The summed E-state index contributed by atoms with van der Waals surface area (Å²) in [4.78, 5) is 28.0. The van der Waals surface area contributed by atoms with Crippen LogP contribution in [0.1, 0.15) is 53.2 Å². The first kappa shape index (κ1) is 20.6. The number of nitrogens with one attached hydrogen (secondary N) is 2. The van der Waals surface area contributed by atoms with Gasteiger partial charge in [0, 0.05) is 11.9 Å². The van der Waals surface area contributed by atoms with Gasteiger partial charge in [0.1, 0.15) is 11.3 Å². The van der Waals surface area contributed by atoms with Crippen LogP contribution in [0.5, 0.6) is 5.75 Å². The van der Waals surface area contributed by atoms with Crippen molar-refractivity contribution >= 4 is 16.8 Å². The maximum absolute atomic E-state index is 12.6. The molecule has 0 radical (unpaired) electrons. The fourth-order valence-electron chi connectivity index (χ4n) is 3.22. The second kappa shape index (κ2) is 9.41. The number of benzene rings is 2. The van der Waals surface area contributed by atoms with Crippen LogP contribution in [0.4, 0.5) is 0 Å². The lowest BCUT2D eigenvalue weighted by molar-refractivity contribution is 0.0949. The molecule has 0 aliphatic carbocycles. The van der Waals surface area contributed by atoms with Crippen LogP contribution >= 0.6 is 0 Å². The Balaban J connectivity index is 1.81. The monoisotopic (exact) mass is 392 g/mol. The minimum Gasteiger partial charge on any atom is -0.491 e. The van der Waals surface area contributed by atoms with E-state index in [2.05, 4.69) is 17.2 Å². The molecule has 3 aromatic rings. The third-order valence-electron chi connectivity index (χ3n) is 4.98. The van der Waals surface area contributed by atoms with Crippen LogP contribution in [-0.2, 0) is 6.54 Å². The maximum atomic E-state index is 12.6. The first-order chi connectivity index (χ1) is 14.0. The van der Waals surface area contributed by atoms with Crippen LogP contribution < -0.4 is 15.6 Å².